The van der Waals surface area contributed by atoms with Gasteiger partial charge in [0.25, 0.3) is 0 Å². The summed E-state index contributed by atoms with van der Waals surface area (Å²) >= 11 is 0. The van der Waals surface area contributed by atoms with Crippen LogP contribution in [0.25, 0.3) is 0 Å². The molecule has 0 N–H and O–H groups in total. The second kappa shape index (κ2) is 2.68. The summed E-state index contributed by atoms with van der Waals surface area (Å²) in [5.41, 5.74) is 0.372. The molecule has 0 heterocycles. The summed E-state index contributed by atoms with van der Waals surface area (Å²) in [6, 6.07) is 0. The zero-order chi connectivity index (χ0) is 9.76. The fraction of sp³-hybridized carbons (Fsp3) is 0.833. The maximum atomic E-state index is 11.9. The first kappa shape index (κ1) is 8.63. The van der Waals surface area contributed by atoms with Crippen LogP contribution in [0.2, 0.25) is 0 Å². The zero-order valence-electron chi connectivity index (χ0n) is 8.37. The van der Waals surface area contributed by atoms with Crippen LogP contribution in [0.15, 0.2) is 0 Å². The van der Waals surface area contributed by atoms with Gasteiger partial charge in [0.2, 0.25) is 0 Å². The summed E-state index contributed by atoms with van der Waals surface area (Å²) in [6.07, 6.45) is 7.84. The molecule has 0 radical (unpaired) electrons. The Morgan fingerprint density at radius 1 is 1.29 bits per heavy atom. The molecule has 1 unspecified atom stereocenters. The highest BCUT2D eigenvalue weighted by molar-refractivity contribution is 5.96. The van der Waals surface area contributed by atoms with Crippen LogP contribution in [0.5, 0.6) is 0 Å². The molecule has 2 nitrogen and oxygen atoms in total. The van der Waals surface area contributed by atoms with Crippen LogP contribution in [-0.4, -0.2) is 12.1 Å². The zero-order valence-corrected chi connectivity index (χ0v) is 8.37. The summed E-state index contributed by atoms with van der Waals surface area (Å²) in [5.74, 6) is 0.967. The standard InChI is InChI=1S/C12H16O2/c13-7-8-6-9-2-1-4-12(9)5-3-10(12)11(8)14/h7-10H,1-6H2/t8?,9-,10+,12-/m1/s1. The van der Waals surface area contributed by atoms with Crippen molar-refractivity contribution in [2.24, 2.45) is 23.2 Å². The van der Waals surface area contributed by atoms with Gasteiger partial charge in [0, 0.05) is 5.92 Å². The Labute approximate surface area is 84.1 Å². The lowest BCUT2D eigenvalue weighted by atomic mass is 9.48. The molecular formula is C12H16O2. The van der Waals surface area contributed by atoms with Gasteiger partial charge in [-0.05, 0) is 43.4 Å². The highest BCUT2D eigenvalue weighted by Crippen LogP contribution is 2.64. The molecule has 0 saturated heterocycles. The quantitative estimate of drug-likeness (QED) is 0.470. The second-order valence-electron chi connectivity index (χ2n) is 5.29. The molecule has 0 bridgehead atoms. The Bertz CT molecular complexity index is 297. The monoisotopic (exact) mass is 192 g/mol. The molecule has 0 amide bonds. The van der Waals surface area contributed by atoms with Crippen LogP contribution in [0.1, 0.15) is 38.5 Å². The van der Waals surface area contributed by atoms with Crippen molar-refractivity contribution in [1.29, 1.82) is 0 Å². The smallest absolute Gasteiger partial charge is 0.146 e. The van der Waals surface area contributed by atoms with Gasteiger partial charge >= 0.3 is 0 Å². The van der Waals surface area contributed by atoms with E-state index in [0.29, 0.717) is 11.3 Å². The predicted octanol–water partition coefficient (Wildman–Crippen LogP) is 1.97. The lowest BCUT2D eigenvalue weighted by Gasteiger charge is -2.54. The van der Waals surface area contributed by atoms with Gasteiger partial charge in [-0.2, -0.15) is 0 Å². The Kier molecular flexibility index (Phi) is 1.65. The van der Waals surface area contributed by atoms with Crippen LogP contribution in [0, 0.1) is 23.2 Å². The minimum atomic E-state index is -0.253. The number of rotatable bonds is 1. The van der Waals surface area contributed by atoms with Gasteiger partial charge in [0.15, 0.2) is 0 Å². The van der Waals surface area contributed by atoms with E-state index in [9.17, 15) is 9.59 Å². The van der Waals surface area contributed by atoms with Crippen LogP contribution in [0.3, 0.4) is 0 Å². The number of aldehydes is 1. The first-order chi connectivity index (χ1) is 6.78. The molecule has 2 heteroatoms. The summed E-state index contributed by atoms with van der Waals surface area (Å²) in [4.78, 5) is 22.7. The summed E-state index contributed by atoms with van der Waals surface area (Å²) in [7, 11) is 0. The molecule has 0 aromatic rings. The van der Waals surface area contributed by atoms with E-state index in [-0.39, 0.29) is 17.6 Å². The normalized spacial score (nSPS) is 50.6. The number of ketones is 1. The Hall–Kier alpha value is -0.660. The van der Waals surface area contributed by atoms with Gasteiger partial charge in [0.1, 0.15) is 12.1 Å². The minimum absolute atomic E-state index is 0.253. The number of hydrogen-bond acceptors (Lipinski definition) is 2. The van der Waals surface area contributed by atoms with Crippen molar-refractivity contribution in [3.05, 3.63) is 0 Å². The third-order valence-corrected chi connectivity index (χ3v) is 5.01. The number of carbonyl (C=O) groups excluding carboxylic acids is 2. The average Bonchev–Trinajstić information content (AvgIpc) is 2.56. The predicted molar refractivity (Wildman–Crippen MR) is 51.7 cm³/mol. The Morgan fingerprint density at radius 2 is 2.14 bits per heavy atom. The molecule has 3 aliphatic carbocycles. The van der Waals surface area contributed by atoms with Crippen molar-refractivity contribution in [2.75, 3.05) is 0 Å². The van der Waals surface area contributed by atoms with Crippen molar-refractivity contribution < 1.29 is 9.59 Å². The molecule has 14 heavy (non-hydrogen) atoms. The first-order valence-corrected chi connectivity index (χ1v) is 5.77. The van der Waals surface area contributed by atoms with Crippen molar-refractivity contribution >= 4 is 12.1 Å². The van der Waals surface area contributed by atoms with Crippen LogP contribution in [0.4, 0.5) is 0 Å². The lowest BCUT2D eigenvalue weighted by Crippen LogP contribution is -2.53. The van der Waals surface area contributed by atoms with Gasteiger partial charge < -0.3 is 4.79 Å². The van der Waals surface area contributed by atoms with E-state index < -0.39 is 0 Å². The maximum Gasteiger partial charge on any atom is 0.146 e. The average molecular weight is 192 g/mol. The first-order valence-electron chi connectivity index (χ1n) is 5.77. The molecule has 3 aliphatic rings. The summed E-state index contributed by atoms with van der Waals surface area (Å²) in [5, 5.41) is 0. The van der Waals surface area contributed by atoms with E-state index in [2.05, 4.69) is 0 Å². The molecule has 3 saturated carbocycles. The highest BCUT2D eigenvalue weighted by Gasteiger charge is 2.60. The topological polar surface area (TPSA) is 34.1 Å². The molecular weight excluding hydrogens is 176 g/mol. The Morgan fingerprint density at radius 3 is 2.79 bits per heavy atom. The SMILES string of the molecule is O=CC1C[C@H]2CCC[C@@]23CC[C@H]3C1=O. The van der Waals surface area contributed by atoms with E-state index in [1.54, 1.807) is 0 Å². The van der Waals surface area contributed by atoms with Gasteiger partial charge in [-0.1, -0.05) is 6.42 Å². The van der Waals surface area contributed by atoms with Crippen molar-refractivity contribution in [3.8, 4) is 0 Å². The van der Waals surface area contributed by atoms with E-state index in [1.165, 1.54) is 25.7 Å². The minimum Gasteiger partial charge on any atom is -0.303 e. The summed E-state index contributed by atoms with van der Waals surface area (Å²) in [6.45, 7) is 0. The fourth-order valence-electron chi connectivity index (χ4n) is 4.20. The highest BCUT2D eigenvalue weighted by atomic mass is 16.1. The molecule has 0 aliphatic heterocycles. The third-order valence-electron chi connectivity index (χ3n) is 5.01. The van der Waals surface area contributed by atoms with Gasteiger partial charge in [-0.25, -0.2) is 0 Å². The van der Waals surface area contributed by atoms with Gasteiger partial charge in [-0.3, -0.25) is 4.79 Å². The molecule has 1 spiro atoms. The van der Waals surface area contributed by atoms with Crippen molar-refractivity contribution in [3.63, 3.8) is 0 Å². The number of carbonyl (C=O) groups is 2. The number of Topliss-reactive ketones (excluding diaryl/α,β-unsaturated/α-hetero) is 1. The molecule has 76 valence electrons. The van der Waals surface area contributed by atoms with Crippen LogP contribution >= 0.6 is 0 Å². The van der Waals surface area contributed by atoms with E-state index in [1.807, 2.05) is 0 Å². The lowest BCUT2D eigenvalue weighted by molar-refractivity contribution is -0.152. The van der Waals surface area contributed by atoms with Gasteiger partial charge in [-0.15, -0.1) is 0 Å². The molecule has 3 rings (SSSR count). The Balaban J connectivity index is 1.94. The fourth-order valence-corrected chi connectivity index (χ4v) is 4.20. The van der Waals surface area contributed by atoms with E-state index in [4.69, 9.17) is 0 Å². The van der Waals surface area contributed by atoms with E-state index in [0.717, 1.165) is 19.1 Å². The van der Waals surface area contributed by atoms with Gasteiger partial charge in [0.05, 0.1) is 5.92 Å². The van der Waals surface area contributed by atoms with Crippen LogP contribution in [-0.2, 0) is 9.59 Å². The molecule has 4 atom stereocenters. The summed E-state index contributed by atoms with van der Waals surface area (Å²) < 4.78 is 0. The van der Waals surface area contributed by atoms with Crippen LogP contribution < -0.4 is 0 Å². The van der Waals surface area contributed by atoms with Crippen molar-refractivity contribution in [1.82, 2.24) is 0 Å². The second-order valence-corrected chi connectivity index (χ2v) is 5.29. The maximum absolute atomic E-state index is 11.9. The largest absolute Gasteiger partial charge is 0.303 e. The number of hydrogen-bond donors (Lipinski definition) is 0. The molecule has 3 fully saturated rings. The van der Waals surface area contributed by atoms with Crippen molar-refractivity contribution in [2.45, 2.75) is 38.5 Å². The molecule has 0 aromatic heterocycles. The third kappa shape index (κ3) is 0.825. The van der Waals surface area contributed by atoms with E-state index >= 15 is 0 Å². The molecule has 0 aromatic carbocycles.